The minimum Gasteiger partial charge on any atom is -0.367 e. The predicted molar refractivity (Wildman–Crippen MR) is 139 cm³/mol. The van der Waals surface area contributed by atoms with Crippen molar-refractivity contribution in [2.24, 2.45) is 0 Å². The molecule has 1 saturated carbocycles. The van der Waals surface area contributed by atoms with Crippen LogP contribution in [0.3, 0.4) is 0 Å². The summed E-state index contributed by atoms with van der Waals surface area (Å²) in [6, 6.07) is 22.7. The van der Waals surface area contributed by atoms with Gasteiger partial charge in [0.2, 0.25) is 0 Å². The number of carbonyl (C=O) groups is 1. The van der Waals surface area contributed by atoms with Gasteiger partial charge in [-0.1, -0.05) is 118 Å². The van der Waals surface area contributed by atoms with Crippen LogP contribution in [0.4, 0.5) is 0 Å². The fraction of sp³-hybridized carbons (Fsp3) is 0.467. The van der Waals surface area contributed by atoms with E-state index in [1.54, 1.807) is 6.20 Å². The molecule has 0 radical (unpaired) electrons. The molecule has 0 aromatic heterocycles. The van der Waals surface area contributed by atoms with Gasteiger partial charge in [0.05, 0.1) is 0 Å². The van der Waals surface area contributed by atoms with Crippen molar-refractivity contribution in [1.29, 1.82) is 5.26 Å². The van der Waals surface area contributed by atoms with Crippen molar-refractivity contribution in [1.82, 2.24) is 10.2 Å². The van der Waals surface area contributed by atoms with Gasteiger partial charge in [0.15, 0.2) is 0 Å². The second kappa shape index (κ2) is 15.0. The summed E-state index contributed by atoms with van der Waals surface area (Å²) in [5.74, 6) is -0.245. The van der Waals surface area contributed by atoms with E-state index < -0.39 is 0 Å². The number of nitrogens with zero attached hydrogens (tertiary/aromatic N) is 2. The number of rotatable bonds is 7. The number of nitrogens with one attached hydrogen (secondary N) is 1. The monoisotopic (exact) mass is 457 g/mol. The first-order chi connectivity index (χ1) is 16.7. The average Bonchev–Trinajstić information content (AvgIpc) is 2.85. The largest absolute Gasteiger partial charge is 0.367 e. The molecule has 0 heterocycles. The Hall–Kier alpha value is -3.06. The zero-order chi connectivity index (χ0) is 23.8. The minimum absolute atomic E-state index is 0.153. The van der Waals surface area contributed by atoms with Crippen LogP contribution in [0.25, 0.3) is 0 Å². The Kier molecular flexibility index (Phi) is 11.2. The third kappa shape index (κ3) is 9.43. The quantitative estimate of drug-likeness (QED) is 0.364. The number of carbonyl (C=O) groups excluding carboxylic acids is 1. The maximum absolute atomic E-state index is 13.1. The molecule has 0 atom stereocenters. The molecule has 0 bridgehead atoms. The van der Waals surface area contributed by atoms with E-state index >= 15 is 0 Å². The zero-order valence-electron chi connectivity index (χ0n) is 20.4. The van der Waals surface area contributed by atoms with Gasteiger partial charge in [-0.25, -0.2) is 0 Å². The smallest absolute Gasteiger partial charge is 0.263 e. The van der Waals surface area contributed by atoms with Crippen LogP contribution in [0.2, 0.25) is 0 Å². The average molecular weight is 458 g/mol. The van der Waals surface area contributed by atoms with Crippen LogP contribution in [-0.4, -0.2) is 16.8 Å². The van der Waals surface area contributed by atoms with Gasteiger partial charge in [-0.15, -0.1) is 0 Å². The van der Waals surface area contributed by atoms with E-state index in [9.17, 15) is 10.1 Å². The maximum Gasteiger partial charge on any atom is 0.263 e. The van der Waals surface area contributed by atoms with Gasteiger partial charge in [0.1, 0.15) is 11.6 Å². The molecule has 0 spiro atoms. The van der Waals surface area contributed by atoms with Crippen molar-refractivity contribution in [2.75, 3.05) is 0 Å². The van der Waals surface area contributed by atoms with Crippen LogP contribution in [-0.2, 0) is 17.9 Å². The summed E-state index contributed by atoms with van der Waals surface area (Å²) in [6.45, 7) is 1.27. The molecule has 2 aromatic rings. The Bertz CT molecular complexity index is 864. The number of hydrogen-bond donors (Lipinski definition) is 1. The summed E-state index contributed by atoms with van der Waals surface area (Å²) in [7, 11) is 0. The van der Waals surface area contributed by atoms with Crippen LogP contribution in [0.5, 0.6) is 0 Å². The highest BCUT2D eigenvalue weighted by Gasteiger charge is 2.17. The molecule has 1 aliphatic rings. The summed E-state index contributed by atoms with van der Waals surface area (Å²) >= 11 is 0. The van der Waals surface area contributed by atoms with Crippen molar-refractivity contribution >= 4 is 5.91 Å². The predicted octanol–water partition coefficient (Wildman–Crippen LogP) is 6.89. The fourth-order valence-corrected chi connectivity index (χ4v) is 4.67. The highest BCUT2D eigenvalue weighted by Crippen LogP contribution is 2.18. The van der Waals surface area contributed by atoms with Gasteiger partial charge < -0.3 is 10.2 Å². The number of benzene rings is 2. The molecule has 1 N–H and O–H groups in total. The molecular formula is C30H39N3O. The molecule has 1 aliphatic carbocycles. The number of nitriles is 1. The molecule has 0 saturated heterocycles. The lowest BCUT2D eigenvalue weighted by Gasteiger charge is -2.23. The van der Waals surface area contributed by atoms with Gasteiger partial charge >= 0.3 is 0 Å². The van der Waals surface area contributed by atoms with Crippen LogP contribution in [0.15, 0.2) is 72.4 Å². The molecule has 4 nitrogen and oxygen atoms in total. The van der Waals surface area contributed by atoms with E-state index in [-0.39, 0.29) is 17.5 Å². The molecule has 1 fully saturated rings. The Labute approximate surface area is 205 Å². The lowest BCUT2D eigenvalue weighted by molar-refractivity contribution is -0.118. The first-order valence-electron chi connectivity index (χ1n) is 13.0. The summed E-state index contributed by atoms with van der Waals surface area (Å²) in [4.78, 5) is 15.2. The van der Waals surface area contributed by atoms with E-state index in [0.717, 1.165) is 36.8 Å². The zero-order valence-corrected chi connectivity index (χ0v) is 20.4. The van der Waals surface area contributed by atoms with E-state index in [1.807, 2.05) is 36.4 Å². The molecule has 0 unspecified atom stereocenters. The maximum atomic E-state index is 13.1. The Morgan fingerprint density at radius 2 is 1.24 bits per heavy atom. The molecule has 4 heteroatoms. The summed E-state index contributed by atoms with van der Waals surface area (Å²) in [6.07, 6.45) is 15.1. The van der Waals surface area contributed by atoms with Crippen molar-refractivity contribution < 1.29 is 4.79 Å². The molecule has 1 amide bonds. The summed E-state index contributed by atoms with van der Waals surface area (Å²) < 4.78 is 0. The van der Waals surface area contributed by atoms with Crippen molar-refractivity contribution in [3.63, 3.8) is 0 Å². The van der Waals surface area contributed by atoms with E-state index in [4.69, 9.17) is 0 Å². The van der Waals surface area contributed by atoms with E-state index in [2.05, 4.69) is 40.6 Å². The van der Waals surface area contributed by atoms with Gasteiger partial charge in [0.25, 0.3) is 5.91 Å². The highest BCUT2D eigenvalue weighted by molar-refractivity contribution is 5.97. The lowest BCUT2D eigenvalue weighted by Crippen LogP contribution is -2.36. The van der Waals surface area contributed by atoms with Crippen molar-refractivity contribution in [3.05, 3.63) is 83.6 Å². The number of amides is 1. The molecule has 180 valence electrons. The molecular weight excluding hydrogens is 418 g/mol. The minimum atomic E-state index is -0.245. The van der Waals surface area contributed by atoms with Crippen LogP contribution in [0, 0.1) is 11.3 Å². The van der Waals surface area contributed by atoms with Gasteiger partial charge in [0, 0.05) is 25.3 Å². The third-order valence-corrected chi connectivity index (χ3v) is 6.57. The second-order valence-electron chi connectivity index (χ2n) is 9.46. The first kappa shape index (κ1) is 25.6. The van der Waals surface area contributed by atoms with Crippen LogP contribution in [0.1, 0.15) is 81.8 Å². The molecule has 34 heavy (non-hydrogen) atoms. The number of hydrogen-bond acceptors (Lipinski definition) is 3. The van der Waals surface area contributed by atoms with Gasteiger partial charge in [-0.3, -0.25) is 4.79 Å². The molecule has 0 aliphatic heterocycles. The summed E-state index contributed by atoms with van der Waals surface area (Å²) in [5, 5.41) is 13.1. The second-order valence-corrected chi connectivity index (χ2v) is 9.46. The van der Waals surface area contributed by atoms with Crippen molar-refractivity contribution in [3.8, 4) is 6.07 Å². The fourth-order valence-electron chi connectivity index (χ4n) is 4.67. The topological polar surface area (TPSA) is 56.1 Å². The Balaban J connectivity index is 1.69. The van der Waals surface area contributed by atoms with Crippen LogP contribution < -0.4 is 5.32 Å². The SMILES string of the molecule is N#C/C(=C/N(Cc1ccccc1)Cc1ccccc1)C(=O)NC1CCCCCCCCCCC1. The van der Waals surface area contributed by atoms with Crippen molar-refractivity contribution in [2.45, 2.75) is 89.8 Å². The molecule has 3 rings (SSSR count). The summed E-state index contributed by atoms with van der Waals surface area (Å²) in [5.41, 5.74) is 2.47. The third-order valence-electron chi connectivity index (χ3n) is 6.57. The van der Waals surface area contributed by atoms with Gasteiger partial charge in [-0.2, -0.15) is 5.26 Å². The molecule has 2 aromatic carbocycles. The standard InChI is InChI=1S/C30H39N3O/c31-22-28(30(34)32-29-20-14-6-4-2-1-3-5-7-15-21-29)25-33(23-26-16-10-8-11-17-26)24-27-18-12-9-13-19-27/h8-13,16-19,25,29H,1-7,14-15,20-21,23-24H2,(H,32,34)/b28-25-. The first-order valence-corrected chi connectivity index (χ1v) is 13.0. The lowest BCUT2D eigenvalue weighted by atomic mass is 9.97. The van der Waals surface area contributed by atoms with Crippen LogP contribution >= 0.6 is 0 Å². The van der Waals surface area contributed by atoms with E-state index in [1.165, 1.54) is 44.9 Å². The normalized spacial score (nSPS) is 16.5. The highest BCUT2D eigenvalue weighted by atomic mass is 16.1. The van der Waals surface area contributed by atoms with E-state index in [0.29, 0.717) is 13.1 Å². The Morgan fingerprint density at radius 1 is 0.794 bits per heavy atom. The van der Waals surface area contributed by atoms with Gasteiger partial charge in [-0.05, 0) is 24.0 Å². The Morgan fingerprint density at radius 3 is 1.68 bits per heavy atom.